The molecule has 0 aromatic carbocycles. The molecule has 2 N–H and O–H groups in total. The van der Waals surface area contributed by atoms with Crippen LogP contribution in [0.25, 0.3) is 0 Å². The van der Waals surface area contributed by atoms with Gasteiger partial charge in [-0.15, -0.1) is 5.10 Å². The first-order chi connectivity index (χ1) is 5.22. The molecular formula is C7H14N4. The van der Waals surface area contributed by atoms with Crippen molar-refractivity contribution in [2.45, 2.75) is 26.8 Å². The summed E-state index contributed by atoms with van der Waals surface area (Å²) >= 11 is 0. The van der Waals surface area contributed by atoms with Crippen LogP contribution >= 0.6 is 0 Å². The van der Waals surface area contributed by atoms with Crippen LogP contribution in [0.5, 0.6) is 0 Å². The molecule has 1 heterocycles. The summed E-state index contributed by atoms with van der Waals surface area (Å²) in [7, 11) is 0. The van der Waals surface area contributed by atoms with Crippen molar-refractivity contribution in [3.63, 3.8) is 0 Å². The molecule has 1 aromatic rings. The zero-order chi connectivity index (χ0) is 8.27. The highest BCUT2D eigenvalue weighted by Crippen LogP contribution is 2.04. The zero-order valence-corrected chi connectivity index (χ0v) is 6.99. The van der Waals surface area contributed by atoms with Crippen molar-refractivity contribution in [3.8, 4) is 0 Å². The second kappa shape index (κ2) is 3.37. The van der Waals surface area contributed by atoms with Crippen molar-refractivity contribution >= 4 is 5.82 Å². The van der Waals surface area contributed by atoms with Gasteiger partial charge < -0.3 is 5.73 Å². The molecule has 0 bridgehead atoms. The summed E-state index contributed by atoms with van der Waals surface area (Å²) in [6, 6.07) is 0. The Balaban J connectivity index is 2.50. The van der Waals surface area contributed by atoms with E-state index < -0.39 is 0 Å². The lowest BCUT2D eigenvalue weighted by molar-refractivity contribution is 0.431. The number of hydrogen-bond donors (Lipinski definition) is 1. The molecule has 11 heavy (non-hydrogen) atoms. The molecule has 4 heteroatoms. The second-order valence-corrected chi connectivity index (χ2v) is 2.88. The quantitative estimate of drug-likeness (QED) is 0.704. The van der Waals surface area contributed by atoms with Crippen molar-refractivity contribution in [2.24, 2.45) is 5.92 Å². The maximum Gasteiger partial charge on any atom is 0.165 e. The normalized spacial score (nSPS) is 13.3. The molecule has 0 aliphatic rings. The van der Waals surface area contributed by atoms with Crippen LogP contribution in [0.4, 0.5) is 5.82 Å². The van der Waals surface area contributed by atoms with E-state index in [1.54, 1.807) is 10.9 Å². The molecule has 0 saturated carbocycles. The van der Waals surface area contributed by atoms with Crippen LogP contribution in [0.2, 0.25) is 0 Å². The molecule has 1 aromatic heterocycles. The maximum atomic E-state index is 5.40. The molecule has 1 atom stereocenters. The van der Waals surface area contributed by atoms with Crippen LogP contribution in [0.15, 0.2) is 6.20 Å². The van der Waals surface area contributed by atoms with E-state index in [2.05, 4.69) is 24.2 Å². The molecular weight excluding hydrogens is 140 g/mol. The van der Waals surface area contributed by atoms with Gasteiger partial charge in [0.15, 0.2) is 5.82 Å². The molecule has 1 unspecified atom stereocenters. The highest BCUT2D eigenvalue weighted by atomic mass is 15.4. The SMILES string of the molecule is CCC(C)Cn1cc(N)nn1. The molecule has 0 amide bonds. The fraction of sp³-hybridized carbons (Fsp3) is 0.714. The zero-order valence-electron chi connectivity index (χ0n) is 6.99. The molecule has 0 aliphatic carbocycles. The van der Waals surface area contributed by atoms with E-state index in [0.29, 0.717) is 11.7 Å². The first-order valence-electron chi connectivity index (χ1n) is 3.88. The van der Waals surface area contributed by atoms with Crippen LogP contribution in [0, 0.1) is 5.92 Å². The van der Waals surface area contributed by atoms with Gasteiger partial charge in [0.25, 0.3) is 0 Å². The first kappa shape index (κ1) is 8.04. The number of anilines is 1. The van der Waals surface area contributed by atoms with Crippen LogP contribution in [-0.4, -0.2) is 15.0 Å². The van der Waals surface area contributed by atoms with E-state index in [4.69, 9.17) is 5.73 Å². The summed E-state index contributed by atoms with van der Waals surface area (Å²) in [6.07, 6.45) is 2.91. The van der Waals surface area contributed by atoms with Crippen molar-refractivity contribution in [1.29, 1.82) is 0 Å². The summed E-state index contributed by atoms with van der Waals surface area (Å²) in [5, 5.41) is 7.54. The summed E-state index contributed by atoms with van der Waals surface area (Å²) in [5.74, 6) is 1.13. The molecule has 0 aliphatic heterocycles. The largest absolute Gasteiger partial charge is 0.381 e. The van der Waals surface area contributed by atoms with E-state index in [0.717, 1.165) is 13.0 Å². The van der Waals surface area contributed by atoms with E-state index in [1.807, 2.05) is 0 Å². The van der Waals surface area contributed by atoms with Gasteiger partial charge in [-0.3, -0.25) is 4.68 Å². The van der Waals surface area contributed by atoms with Crippen molar-refractivity contribution in [2.75, 3.05) is 5.73 Å². The summed E-state index contributed by atoms with van der Waals surface area (Å²) in [4.78, 5) is 0. The van der Waals surface area contributed by atoms with E-state index in [9.17, 15) is 0 Å². The maximum absolute atomic E-state index is 5.40. The van der Waals surface area contributed by atoms with Crippen molar-refractivity contribution < 1.29 is 0 Å². The van der Waals surface area contributed by atoms with Crippen LogP contribution < -0.4 is 5.73 Å². The Kier molecular flexibility index (Phi) is 2.46. The lowest BCUT2D eigenvalue weighted by Crippen LogP contribution is -2.06. The fourth-order valence-electron chi connectivity index (χ4n) is 0.851. The molecule has 0 spiro atoms. The number of nitrogens with zero attached hydrogens (tertiary/aromatic N) is 3. The van der Waals surface area contributed by atoms with Gasteiger partial charge in [-0.1, -0.05) is 25.5 Å². The molecule has 1 rings (SSSR count). The monoisotopic (exact) mass is 154 g/mol. The molecule has 0 fully saturated rings. The van der Waals surface area contributed by atoms with Crippen LogP contribution in [0.3, 0.4) is 0 Å². The fourth-order valence-corrected chi connectivity index (χ4v) is 0.851. The molecule has 4 nitrogen and oxygen atoms in total. The minimum Gasteiger partial charge on any atom is -0.381 e. The van der Waals surface area contributed by atoms with Crippen molar-refractivity contribution in [1.82, 2.24) is 15.0 Å². The average Bonchev–Trinajstić information content (AvgIpc) is 2.35. The Morgan fingerprint density at radius 1 is 1.73 bits per heavy atom. The predicted molar refractivity (Wildman–Crippen MR) is 43.9 cm³/mol. The minimum atomic E-state index is 0.494. The summed E-state index contributed by atoms with van der Waals surface area (Å²) < 4.78 is 1.78. The predicted octanol–water partition coefficient (Wildman–Crippen LogP) is 0.906. The lowest BCUT2D eigenvalue weighted by atomic mass is 10.1. The Hall–Kier alpha value is -1.06. The second-order valence-electron chi connectivity index (χ2n) is 2.88. The van der Waals surface area contributed by atoms with Gasteiger partial charge in [-0.05, 0) is 5.92 Å². The number of rotatable bonds is 3. The van der Waals surface area contributed by atoms with Gasteiger partial charge >= 0.3 is 0 Å². The van der Waals surface area contributed by atoms with Gasteiger partial charge in [0, 0.05) is 6.54 Å². The highest BCUT2D eigenvalue weighted by Gasteiger charge is 2.01. The number of hydrogen-bond acceptors (Lipinski definition) is 3. The van der Waals surface area contributed by atoms with Crippen LogP contribution in [-0.2, 0) is 6.54 Å². The van der Waals surface area contributed by atoms with E-state index in [1.165, 1.54) is 0 Å². The van der Waals surface area contributed by atoms with Gasteiger partial charge in [0.2, 0.25) is 0 Å². The van der Waals surface area contributed by atoms with Crippen LogP contribution in [0.1, 0.15) is 20.3 Å². The number of nitrogen functional groups attached to an aromatic ring is 1. The Morgan fingerprint density at radius 2 is 2.45 bits per heavy atom. The number of aromatic nitrogens is 3. The molecule has 0 saturated heterocycles. The van der Waals surface area contributed by atoms with E-state index >= 15 is 0 Å². The molecule has 62 valence electrons. The lowest BCUT2D eigenvalue weighted by Gasteiger charge is -2.05. The molecule has 0 radical (unpaired) electrons. The Labute approximate surface area is 66.4 Å². The van der Waals surface area contributed by atoms with Gasteiger partial charge in [0.05, 0.1) is 6.20 Å². The van der Waals surface area contributed by atoms with Gasteiger partial charge in [-0.25, -0.2) is 0 Å². The van der Waals surface area contributed by atoms with Crippen molar-refractivity contribution in [3.05, 3.63) is 6.20 Å². The van der Waals surface area contributed by atoms with E-state index in [-0.39, 0.29) is 0 Å². The number of nitrogens with two attached hydrogens (primary N) is 1. The standard InChI is InChI=1S/C7H14N4/c1-3-6(2)4-11-5-7(8)9-10-11/h5-6H,3-4,8H2,1-2H3. The van der Waals surface area contributed by atoms with Gasteiger partial charge in [-0.2, -0.15) is 0 Å². The smallest absolute Gasteiger partial charge is 0.165 e. The first-order valence-corrected chi connectivity index (χ1v) is 3.88. The Morgan fingerprint density at radius 3 is 2.91 bits per heavy atom. The van der Waals surface area contributed by atoms with Gasteiger partial charge in [0.1, 0.15) is 0 Å². The third-order valence-electron chi connectivity index (χ3n) is 1.75. The highest BCUT2D eigenvalue weighted by molar-refractivity contribution is 5.19. The Bertz CT molecular complexity index is 218. The summed E-state index contributed by atoms with van der Waals surface area (Å²) in [5.41, 5.74) is 5.40. The topological polar surface area (TPSA) is 56.7 Å². The minimum absolute atomic E-state index is 0.494. The third kappa shape index (κ3) is 2.22. The average molecular weight is 154 g/mol. The third-order valence-corrected chi connectivity index (χ3v) is 1.75. The summed E-state index contributed by atoms with van der Waals surface area (Å²) in [6.45, 7) is 5.24.